The number of benzene rings is 2. The van der Waals surface area contributed by atoms with E-state index in [1.54, 1.807) is 30.3 Å². The third-order valence-corrected chi connectivity index (χ3v) is 5.90. The molecule has 0 aliphatic rings. The number of hydrogen-bond donors (Lipinski definition) is 2. The molecule has 3 N–H and O–H groups in total. The molecule has 0 amide bonds. The van der Waals surface area contributed by atoms with Crippen molar-refractivity contribution in [1.29, 1.82) is 0 Å². The lowest BCUT2D eigenvalue weighted by molar-refractivity contribution is 0.601. The van der Waals surface area contributed by atoms with Crippen molar-refractivity contribution in [2.24, 2.45) is 0 Å². The van der Waals surface area contributed by atoms with Crippen molar-refractivity contribution >= 4 is 53.3 Å². The molecule has 0 unspecified atom stereocenters. The first-order chi connectivity index (χ1) is 9.29. The van der Waals surface area contributed by atoms with Gasteiger partial charge in [0.25, 0.3) is 10.0 Å². The van der Waals surface area contributed by atoms with E-state index in [1.165, 1.54) is 6.07 Å². The van der Waals surface area contributed by atoms with Gasteiger partial charge >= 0.3 is 0 Å². The summed E-state index contributed by atoms with van der Waals surface area (Å²) in [5.41, 5.74) is 7.56. The summed E-state index contributed by atoms with van der Waals surface area (Å²) in [6, 6.07) is 9.82. The molecule has 4 nitrogen and oxygen atoms in total. The van der Waals surface area contributed by atoms with E-state index in [-0.39, 0.29) is 4.90 Å². The number of hydrogen-bond acceptors (Lipinski definition) is 3. The van der Waals surface area contributed by atoms with Crippen LogP contribution in [0.5, 0.6) is 0 Å². The highest BCUT2D eigenvalue weighted by Gasteiger charge is 2.18. The van der Waals surface area contributed by atoms with Crippen LogP contribution in [0.3, 0.4) is 0 Å². The van der Waals surface area contributed by atoms with Crippen molar-refractivity contribution in [3.05, 3.63) is 50.9 Å². The maximum atomic E-state index is 12.3. The Kier molecular flexibility index (Phi) is 4.41. The van der Waals surface area contributed by atoms with E-state index in [2.05, 4.69) is 36.6 Å². The van der Waals surface area contributed by atoms with E-state index in [0.29, 0.717) is 15.8 Å². The van der Waals surface area contributed by atoms with Crippen molar-refractivity contribution in [3.8, 4) is 0 Å². The maximum absolute atomic E-state index is 12.3. The van der Waals surface area contributed by atoms with Crippen LogP contribution in [0.15, 0.2) is 50.2 Å². The minimum atomic E-state index is -3.66. The van der Waals surface area contributed by atoms with E-state index < -0.39 is 10.0 Å². The average Bonchev–Trinajstić information content (AvgIpc) is 2.33. The summed E-state index contributed by atoms with van der Waals surface area (Å²) in [6.45, 7) is 1.89. The van der Waals surface area contributed by atoms with Gasteiger partial charge in [-0.1, -0.05) is 15.9 Å². The van der Waals surface area contributed by atoms with Crippen molar-refractivity contribution in [2.45, 2.75) is 11.8 Å². The largest absolute Gasteiger partial charge is 0.399 e. The van der Waals surface area contributed by atoms with Crippen molar-refractivity contribution in [1.82, 2.24) is 0 Å². The first kappa shape index (κ1) is 15.3. The van der Waals surface area contributed by atoms with Gasteiger partial charge in [-0.3, -0.25) is 4.72 Å². The van der Waals surface area contributed by atoms with Crippen molar-refractivity contribution in [3.63, 3.8) is 0 Å². The number of anilines is 2. The fraction of sp³-hybridized carbons (Fsp3) is 0.0769. The summed E-state index contributed by atoms with van der Waals surface area (Å²) < 4.78 is 28.6. The van der Waals surface area contributed by atoms with Crippen LogP contribution in [0.2, 0.25) is 0 Å². The quantitative estimate of drug-likeness (QED) is 0.741. The second-order valence-corrected chi connectivity index (χ2v) is 7.62. The summed E-state index contributed by atoms with van der Waals surface area (Å²) in [7, 11) is -3.66. The first-order valence-corrected chi connectivity index (χ1v) is 8.70. The fourth-order valence-electron chi connectivity index (χ4n) is 1.65. The SMILES string of the molecule is Cc1cc(NS(=O)(=O)c2ccc(N)cc2Br)ccc1Br. The smallest absolute Gasteiger partial charge is 0.263 e. The van der Waals surface area contributed by atoms with Crippen LogP contribution in [0, 0.1) is 6.92 Å². The zero-order chi connectivity index (χ0) is 14.9. The Morgan fingerprint density at radius 3 is 2.35 bits per heavy atom. The molecule has 2 aromatic carbocycles. The Balaban J connectivity index is 2.38. The molecule has 7 heteroatoms. The third kappa shape index (κ3) is 3.34. The van der Waals surface area contributed by atoms with Crippen LogP contribution in [0.1, 0.15) is 5.56 Å². The summed E-state index contributed by atoms with van der Waals surface area (Å²) in [4.78, 5) is 0.146. The van der Waals surface area contributed by atoms with E-state index in [1.807, 2.05) is 6.92 Å². The molecule has 0 saturated heterocycles. The summed E-state index contributed by atoms with van der Waals surface area (Å²) >= 11 is 6.59. The number of nitrogens with two attached hydrogens (primary N) is 1. The highest BCUT2D eigenvalue weighted by Crippen LogP contribution is 2.27. The molecule has 2 rings (SSSR count). The summed E-state index contributed by atoms with van der Waals surface area (Å²) in [5.74, 6) is 0. The van der Waals surface area contributed by atoms with Gasteiger partial charge in [0.1, 0.15) is 4.90 Å². The molecule has 2 aromatic rings. The van der Waals surface area contributed by atoms with Gasteiger partial charge in [-0.15, -0.1) is 0 Å². The van der Waals surface area contributed by atoms with Gasteiger partial charge in [0.15, 0.2) is 0 Å². The molecule has 0 fully saturated rings. The van der Waals surface area contributed by atoms with Gasteiger partial charge in [-0.2, -0.15) is 0 Å². The number of aryl methyl sites for hydroxylation is 1. The van der Waals surface area contributed by atoms with Crippen LogP contribution in [0.4, 0.5) is 11.4 Å². The first-order valence-electron chi connectivity index (χ1n) is 5.63. The average molecular weight is 420 g/mol. The molecule has 0 aromatic heterocycles. The predicted octanol–water partition coefficient (Wildman–Crippen LogP) is 3.90. The molecule has 0 atom stereocenters. The third-order valence-electron chi connectivity index (χ3n) is 2.66. The zero-order valence-corrected chi connectivity index (χ0v) is 14.5. The van der Waals surface area contributed by atoms with Gasteiger partial charge in [0.05, 0.1) is 0 Å². The summed E-state index contributed by atoms with van der Waals surface area (Å²) in [6.07, 6.45) is 0. The Bertz CT molecular complexity index is 761. The fourth-order valence-corrected chi connectivity index (χ4v) is 4.05. The van der Waals surface area contributed by atoms with Crippen LogP contribution < -0.4 is 10.5 Å². The van der Waals surface area contributed by atoms with Gasteiger partial charge in [-0.05, 0) is 64.8 Å². The van der Waals surface area contributed by atoms with E-state index in [4.69, 9.17) is 5.73 Å². The zero-order valence-electron chi connectivity index (χ0n) is 10.5. The lowest BCUT2D eigenvalue weighted by Gasteiger charge is -2.11. The van der Waals surface area contributed by atoms with Crippen LogP contribution in [0.25, 0.3) is 0 Å². The Morgan fingerprint density at radius 2 is 1.75 bits per heavy atom. The normalized spacial score (nSPS) is 11.3. The van der Waals surface area contributed by atoms with Crippen LogP contribution in [-0.2, 0) is 10.0 Å². The van der Waals surface area contributed by atoms with E-state index in [0.717, 1.165) is 10.0 Å². The maximum Gasteiger partial charge on any atom is 0.263 e. The number of nitrogen functional groups attached to an aromatic ring is 1. The molecular formula is C13H12Br2N2O2S. The Labute approximate surface area is 134 Å². The monoisotopic (exact) mass is 418 g/mol. The molecule has 0 radical (unpaired) electrons. The molecule has 106 valence electrons. The topological polar surface area (TPSA) is 72.2 Å². The number of rotatable bonds is 3. The van der Waals surface area contributed by atoms with Gasteiger partial charge in [-0.25, -0.2) is 8.42 Å². The van der Waals surface area contributed by atoms with Crippen molar-refractivity contribution in [2.75, 3.05) is 10.5 Å². The van der Waals surface area contributed by atoms with Gasteiger partial charge < -0.3 is 5.73 Å². The Morgan fingerprint density at radius 1 is 1.05 bits per heavy atom. The Hall–Kier alpha value is -1.05. The number of halogens is 2. The second kappa shape index (κ2) is 5.75. The molecule has 0 spiro atoms. The second-order valence-electron chi connectivity index (χ2n) is 4.26. The molecular weight excluding hydrogens is 408 g/mol. The lowest BCUT2D eigenvalue weighted by Crippen LogP contribution is -2.13. The minimum absolute atomic E-state index is 0.146. The minimum Gasteiger partial charge on any atom is -0.399 e. The highest BCUT2D eigenvalue weighted by molar-refractivity contribution is 9.10. The standard InChI is InChI=1S/C13H12Br2N2O2S/c1-8-6-10(3-4-11(8)14)17-20(18,19)13-5-2-9(16)7-12(13)15/h2-7,17H,16H2,1H3. The van der Waals surface area contributed by atoms with Crippen LogP contribution >= 0.6 is 31.9 Å². The molecule has 0 heterocycles. The van der Waals surface area contributed by atoms with E-state index >= 15 is 0 Å². The van der Waals surface area contributed by atoms with Gasteiger partial charge in [0.2, 0.25) is 0 Å². The van der Waals surface area contributed by atoms with Crippen LogP contribution in [-0.4, -0.2) is 8.42 Å². The molecule has 0 aliphatic carbocycles. The molecule has 20 heavy (non-hydrogen) atoms. The predicted molar refractivity (Wildman–Crippen MR) is 88.2 cm³/mol. The lowest BCUT2D eigenvalue weighted by atomic mass is 10.2. The number of sulfonamides is 1. The van der Waals surface area contributed by atoms with Gasteiger partial charge in [0, 0.05) is 20.3 Å². The van der Waals surface area contributed by atoms with E-state index in [9.17, 15) is 8.42 Å². The van der Waals surface area contributed by atoms with Crippen molar-refractivity contribution < 1.29 is 8.42 Å². The summed E-state index contributed by atoms with van der Waals surface area (Å²) in [5, 5.41) is 0. The molecule has 0 aliphatic heterocycles. The number of nitrogens with one attached hydrogen (secondary N) is 1. The highest BCUT2D eigenvalue weighted by atomic mass is 79.9. The molecule has 0 bridgehead atoms. The molecule has 0 saturated carbocycles.